The lowest BCUT2D eigenvalue weighted by Gasteiger charge is -2.33. The van der Waals surface area contributed by atoms with Crippen LogP contribution in [-0.2, 0) is 4.79 Å². The number of rotatable bonds is 3. The second kappa shape index (κ2) is 6.71. The molecule has 10 heteroatoms. The van der Waals surface area contributed by atoms with Gasteiger partial charge in [-0.2, -0.15) is 0 Å². The molecule has 0 radical (unpaired) electrons. The highest BCUT2D eigenvalue weighted by atomic mass is 32.2. The monoisotopic (exact) mass is 351 g/mol. The van der Waals surface area contributed by atoms with E-state index in [1.807, 2.05) is 0 Å². The third-order valence-electron chi connectivity index (χ3n) is 3.41. The highest BCUT2D eigenvalue weighted by molar-refractivity contribution is 8.13. The largest absolute Gasteiger partial charge is 0.478 e. The van der Waals surface area contributed by atoms with E-state index in [2.05, 4.69) is 4.99 Å². The summed E-state index contributed by atoms with van der Waals surface area (Å²) in [5, 5.41) is 30.1. The molecule has 1 aliphatic heterocycles. The second-order valence-electron chi connectivity index (χ2n) is 4.81. The van der Waals surface area contributed by atoms with Gasteiger partial charge >= 0.3 is 12.1 Å². The number of nitro benzene ring substituents is 1. The van der Waals surface area contributed by atoms with Gasteiger partial charge in [0.2, 0.25) is 0 Å². The Kier molecular flexibility index (Phi) is 4.88. The summed E-state index contributed by atoms with van der Waals surface area (Å²) in [4.78, 5) is 38.5. The van der Waals surface area contributed by atoms with Gasteiger partial charge in [0.25, 0.3) is 5.69 Å². The molecule has 0 aliphatic carbocycles. The Morgan fingerprint density at radius 2 is 2.04 bits per heavy atom. The number of aliphatic imine (C=N–C) groups is 1. The van der Waals surface area contributed by atoms with E-state index in [1.165, 1.54) is 31.2 Å². The quantitative estimate of drug-likeness (QED) is 0.631. The zero-order chi connectivity index (χ0) is 18.0. The number of carbonyl (C=O) groups is 2. The summed E-state index contributed by atoms with van der Waals surface area (Å²) in [6, 6.07) is 4.03. The van der Waals surface area contributed by atoms with Gasteiger partial charge in [-0.1, -0.05) is 23.9 Å². The zero-order valence-corrected chi connectivity index (χ0v) is 13.5. The number of nitrogens with zero attached hydrogens (tertiary/aromatic N) is 3. The Hall–Kier alpha value is -2.88. The lowest BCUT2D eigenvalue weighted by Crippen LogP contribution is -2.42. The molecule has 9 nitrogen and oxygen atoms in total. The Labute approximate surface area is 140 Å². The summed E-state index contributed by atoms with van der Waals surface area (Å²) in [6.07, 6.45) is 0.212. The number of benzene rings is 1. The lowest BCUT2D eigenvalue weighted by molar-refractivity contribution is -0.384. The summed E-state index contributed by atoms with van der Waals surface area (Å²) >= 11 is 1.04. The van der Waals surface area contributed by atoms with Crippen LogP contribution in [-0.4, -0.2) is 43.5 Å². The van der Waals surface area contributed by atoms with Crippen LogP contribution in [0.2, 0.25) is 0 Å². The molecule has 1 atom stereocenters. The molecular formula is C14H13N3O6S. The molecule has 2 N–H and O–H groups in total. The van der Waals surface area contributed by atoms with E-state index < -0.39 is 23.0 Å². The molecule has 126 valence electrons. The summed E-state index contributed by atoms with van der Waals surface area (Å²) < 4.78 is 0. The standard InChI is InChI=1S/C14H13N3O6S/c1-7-10(12(18)19)11(16(14(20)21)13(15-7)24-2)8-4-3-5-9(6-8)17(22)23/h3-6,11H,1-2H3,(H,18,19)(H,20,21). The average molecular weight is 351 g/mol. The van der Waals surface area contributed by atoms with E-state index in [0.29, 0.717) is 0 Å². The number of hydrogen-bond donors (Lipinski definition) is 2. The van der Waals surface area contributed by atoms with Gasteiger partial charge in [0.05, 0.1) is 16.2 Å². The Morgan fingerprint density at radius 3 is 2.54 bits per heavy atom. The second-order valence-corrected chi connectivity index (χ2v) is 5.58. The number of allylic oxidation sites excluding steroid dienone is 1. The minimum Gasteiger partial charge on any atom is -0.478 e. The van der Waals surface area contributed by atoms with Gasteiger partial charge in [0.15, 0.2) is 5.17 Å². The molecule has 1 aromatic rings. The molecule has 24 heavy (non-hydrogen) atoms. The van der Waals surface area contributed by atoms with Crippen molar-refractivity contribution in [1.82, 2.24) is 4.90 Å². The van der Waals surface area contributed by atoms with Crippen molar-refractivity contribution < 1.29 is 24.7 Å². The molecule has 0 saturated carbocycles. The Bertz CT molecular complexity index is 788. The van der Waals surface area contributed by atoms with Crippen LogP contribution in [0.15, 0.2) is 40.5 Å². The molecule has 0 spiro atoms. The summed E-state index contributed by atoms with van der Waals surface area (Å²) in [5.74, 6) is -1.33. The molecule has 1 aliphatic rings. The Morgan fingerprint density at radius 1 is 1.38 bits per heavy atom. The first-order chi connectivity index (χ1) is 11.3. The zero-order valence-electron chi connectivity index (χ0n) is 12.7. The van der Waals surface area contributed by atoms with Crippen molar-refractivity contribution in [3.63, 3.8) is 0 Å². The number of thioether (sulfide) groups is 1. The summed E-state index contributed by atoms with van der Waals surface area (Å²) in [6.45, 7) is 1.46. The maximum Gasteiger partial charge on any atom is 0.414 e. The third-order valence-corrected chi connectivity index (χ3v) is 4.06. The predicted molar refractivity (Wildman–Crippen MR) is 87.0 cm³/mol. The molecule has 1 amide bonds. The van der Waals surface area contributed by atoms with Crippen molar-refractivity contribution in [3.05, 3.63) is 51.2 Å². The first kappa shape index (κ1) is 17.5. The van der Waals surface area contributed by atoms with Gasteiger partial charge in [-0.3, -0.25) is 10.1 Å². The first-order valence-electron chi connectivity index (χ1n) is 6.61. The molecule has 0 fully saturated rings. The predicted octanol–water partition coefficient (Wildman–Crippen LogP) is 2.71. The van der Waals surface area contributed by atoms with E-state index in [-0.39, 0.29) is 27.7 Å². The molecule has 0 aromatic heterocycles. The molecule has 0 bridgehead atoms. The fraction of sp³-hybridized carbons (Fsp3) is 0.214. The van der Waals surface area contributed by atoms with Crippen molar-refractivity contribution in [2.45, 2.75) is 13.0 Å². The van der Waals surface area contributed by atoms with E-state index in [4.69, 9.17) is 0 Å². The molecule has 0 saturated heterocycles. The number of carboxylic acid groups (broad SMARTS) is 2. The molecule has 1 unspecified atom stereocenters. The van der Waals surface area contributed by atoms with E-state index >= 15 is 0 Å². The van der Waals surface area contributed by atoms with Crippen LogP contribution in [0.4, 0.5) is 10.5 Å². The van der Waals surface area contributed by atoms with Crippen LogP contribution in [0, 0.1) is 10.1 Å². The van der Waals surface area contributed by atoms with Gasteiger partial charge in [-0.05, 0) is 18.7 Å². The summed E-state index contributed by atoms with van der Waals surface area (Å²) in [5.41, 5.74) is -0.158. The summed E-state index contributed by atoms with van der Waals surface area (Å²) in [7, 11) is 0. The van der Waals surface area contributed by atoms with Crippen molar-refractivity contribution >= 4 is 34.7 Å². The van der Waals surface area contributed by atoms with Crippen molar-refractivity contribution in [2.24, 2.45) is 4.99 Å². The van der Waals surface area contributed by atoms with Gasteiger partial charge in [0.1, 0.15) is 6.04 Å². The number of amides is 1. The smallest absolute Gasteiger partial charge is 0.414 e. The molecule has 1 heterocycles. The maximum atomic E-state index is 11.7. The minimum atomic E-state index is -1.40. The normalized spacial score (nSPS) is 17.5. The number of aliphatic carboxylic acids is 1. The number of carboxylic acids is 1. The van der Waals surface area contributed by atoms with E-state index in [9.17, 15) is 29.9 Å². The minimum absolute atomic E-state index is 0.0986. The highest BCUT2D eigenvalue weighted by Crippen LogP contribution is 2.38. The van der Waals surface area contributed by atoms with Crippen LogP contribution in [0.25, 0.3) is 0 Å². The van der Waals surface area contributed by atoms with Gasteiger partial charge in [-0.15, -0.1) is 0 Å². The fourth-order valence-corrected chi connectivity index (χ4v) is 3.04. The van der Waals surface area contributed by atoms with Gasteiger partial charge in [-0.25, -0.2) is 19.5 Å². The topological polar surface area (TPSA) is 133 Å². The highest BCUT2D eigenvalue weighted by Gasteiger charge is 2.39. The third kappa shape index (κ3) is 3.08. The van der Waals surface area contributed by atoms with E-state index in [1.54, 1.807) is 6.26 Å². The van der Waals surface area contributed by atoms with E-state index in [0.717, 1.165) is 16.7 Å². The average Bonchev–Trinajstić information content (AvgIpc) is 2.52. The molecule has 2 rings (SSSR count). The lowest BCUT2D eigenvalue weighted by atomic mass is 9.94. The van der Waals surface area contributed by atoms with Crippen LogP contribution in [0.5, 0.6) is 0 Å². The number of nitro groups is 1. The van der Waals surface area contributed by atoms with Crippen molar-refractivity contribution in [2.75, 3.05) is 6.26 Å². The molecule has 1 aromatic carbocycles. The van der Waals surface area contributed by atoms with Crippen molar-refractivity contribution in [1.29, 1.82) is 0 Å². The van der Waals surface area contributed by atoms with Gasteiger partial charge in [0, 0.05) is 12.1 Å². The van der Waals surface area contributed by atoms with Gasteiger partial charge < -0.3 is 10.2 Å². The SMILES string of the molecule is CSC1=NC(C)=C(C(=O)O)C(c2cccc([N+](=O)[O-])c2)N1C(=O)O. The number of non-ortho nitro benzene ring substituents is 1. The van der Waals surface area contributed by atoms with Crippen LogP contribution < -0.4 is 0 Å². The first-order valence-corrected chi connectivity index (χ1v) is 7.83. The van der Waals surface area contributed by atoms with Crippen molar-refractivity contribution in [3.8, 4) is 0 Å². The fourth-order valence-electron chi connectivity index (χ4n) is 2.43. The maximum absolute atomic E-state index is 11.7. The Balaban J connectivity index is 2.71. The van der Waals surface area contributed by atoms with Crippen LogP contribution in [0.3, 0.4) is 0 Å². The van der Waals surface area contributed by atoms with Crippen LogP contribution in [0.1, 0.15) is 18.5 Å². The number of amidine groups is 1. The number of hydrogen-bond acceptors (Lipinski definition) is 6. The van der Waals surface area contributed by atoms with Crippen LogP contribution >= 0.6 is 11.8 Å². The molecular weight excluding hydrogens is 338 g/mol.